The predicted octanol–water partition coefficient (Wildman–Crippen LogP) is 4.09. The molecule has 2 amide bonds. The van der Waals surface area contributed by atoms with Gasteiger partial charge in [-0.15, -0.1) is 0 Å². The Morgan fingerprint density at radius 2 is 1.70 bits per heavy atom. The van der Waals surface area contributed by atoms with Gasteiger partial charge in [0.05, 0.1) is 0 Å². The quantitative estimate of drug-likeness (QED) is 0.546. The number of hydrogen-bond donors (Lipinski definition) is 1. The zero-order valence-electron chi connectivity index (χ0n) is 17.9. The fourth-order valence-corrected chi connectivity index (χ4v) is 3.31. The molecule has 1 unspecified atom stereocenters. The maximum Gasteiger partial charge on any atom is 0.243 e. The molecule has 0 aliphatic rings. The van der Waals surface area contributed by atoms with E-state index in [2.05, 4.69) is 5.32 Å². The molecule has 1 N–H and O–H groups in total. The Morgan fingerprint density at radius 1 is 1.03 bits per heavy atom. The highest BCUT2D eigenvalue weighted by molar-refractivity contribution is 6.30. The molecule has 2 aromatic rings. The molecule has 0 spiro atoms. The molecule has 0 saturated heterocycles. The largest absolute Gasteiger partial charge is 0.385 e. The molecule has 5 nitrogen and oxygen atoms in total. The van der Waals surface area contributed by atoms with E-state index in [0.717, 1.165) is 17.5 Å². The van der Waals surface area contributed by atoms with Gasteiger partial charge in [-0.25, -0.2) is 0 Å². The smallest absolute Gasteiger partial charge is 0.243 e. The van der Waals surface area contributed by atoms with Crippen LogP contribution < -0.4 is 5.32 Å². The molecule has 6 heteroatoms. The van der Waals surface area contributed by atoms with Gasteiger partial charge in [-0.2, -0.15) is 0 Å². The van der Waals surface area contributed by atoms with Crippen LogP contribution in [0.2, 0.25) is 5.02 Å². The SMILES string of the molecule is COCCCNC(=O)C(Cc1ccccc1)N(Cc1ccc(Cl)cc1)C(=O)C(C)C. The summed E-state index contributed by atoms with van der Waals surface area (Å²) < 4.78 is 5.06. The van der Waals surface area contributed by atoms with E-state index in [0.29, 0.717) is 31.1 Å². The van der Waals surface area contributed by atoms with Crippen molar-refractivity contribution >= 4 is 23.4 Å². The van der Waals surface area contributed by atoms with Crippen LogP contribution in [0, 0.1) is 5.92 Å². The van der Waals surface area contributed by atoms with Crippen LogP contribution in [0.5, 0.6) is 0 Å². The Kier molecular flexibility index (Phi) is 9.84. The third-order valence-corrected chi connectivity index (χ3v) is 5.07. The van der Waals surface area contributed by atoms with Crippen LogP contribution in [-0.4, -0.2) is 43.0 Å². The average Bonchev–Trinajstić information content (AvgIpc) is 2.75. The third-order valence-electron chi connectivity index (χ3n) is 4.82. The Hall–Kier alpha value is -2.37. The molecule has 162 valence electrons. The van der Waals surface area contributed by atoms with Gasteiger partial charge in [0, 0.05) is 44.2 Å². The zero-order valence-corrected chi connectivity index (χ0v) is 18.7. The minimum Gasteiger partial charge on any atom is -0.385 e. The summed E-state index contributed by atoms with van der Waals surface area (Å²) in [6.45, 7) is 5.13. The van der Waals surface area contributed by atoms with Crippen LogP contribution in [-0.2, 0) is 27.3 Å². The lowest BCUT2D eigenvalue weighted by Crippen LogP contribution is -2.51. The Labute approximate surface area is 184 Å². The number of methoxy groups -OCH3 is 1. The Morgan fingerprint density at radius 3 is 2.30 bits per heavy atom. The van der Waals surface area contributed by atoms with E-state index in [1.807, 2.05) is 56.3 Å². The first-order valence-corrected chi connectivity index (χ1v) is 10.7. The van der Waals surface area contributed by atoms with Crippen LogP contribution in [0.1, 0.15) is 31.4 Å². The molecule has 0 aromatic heterocycles. The number of ether oxygens (including phenoxy) is 1. The fraction of sp³-hybridized carbons (Fsp3) is 0.417. The highest BCUT2D eigenvalue weighted by atomic mass is 35.5. The van der Waals surface area contributed by atoms with Gasteiger partial charge in [0.15, 0.2) is 0 Å². The van der Waals surface area contributed by atoms with Crippen molar-refractivity contribution in [3.05, 3.63) is 70.7 Å². The van der Waals surface area contributed by atoms with E-state index in [-0.39, 0.29) is 17.7 Å². The molecule has 30 heavy (non-hydrogen) atoms. The van der Waals surface area contributed by atoms with Gasteiger partial charge in [0.1, 0.15) is 6.04 Å². The molecule has 0 bridgehead atoms. The number of nitrogens with zero attached hydrogens (tertiary/aromatic N) is 1. The number of rotatable bonds is 11. The van der Waals surface area contributed by atoms with Crippen LogP contribution in [0.15, 0.2) is 54.6 Å². The summed E-state index contributed by atoms with van der Waals surface area (Å²) in [6.07, 6.45) is 1.17. The number of amides is 2. The molecule has 1 atom stereocenters. The van der Waals surface area contributed by atoms with E-state index in [1.165, 1.54) is 0 Å². The number of halogens is 1. The molecule has 0 fully saturated rings. The van der Waals surface area contributed by atoms with Crippen molar-refractivity contribution in [1.82, 2.24) is 10.2 Å². The van der Waals surface area contributed by atoms with Crippen LogP contribution in [0.25, 0.3) is 0 Å². The van der Waals surface area contributed by atoms with Crippen molar-refractivity contribution in [2.75, 3.05) is 20.3 Å². The molecule has 0 saturated carbocycles. The second kappa shape index (κ2) is 12.4. The molecule has 2 rings (SSSR count). The van der Waals surface area contributed by atoms with Crippen molar-refractivity contribution in [3.8, 4) is 0 Å². The highest BCUT2D eigenvalue weighted by Gasteiger charge is 2.31. The van der Waals surface area contributed by atoms with Gasteiger partial charge < -0.3 is 15.0 Å². The first-order chi connectivity index (χ1) is 14.4. The molecule has 0 aliphatic carbocycles. The summed E-state index contributed by atoms with van der Waals surface area (Å²) in [6, 6.07) is 16.5. The Bertz CT molecular complexity index is 794. The molecular formula is C24H31ClN2O3. The number of carbonyl (C=O) groups is 2. The molecule has 0 radical (unpaired) electrons. The van der Waals surface area contributed by atoms with E-state index >= 15 is 0 Å². The van der Waals surface area contributed by atoms with Crippen LogP contribution in [0.3, 0.4) is 0 Å². The summed E-state index contributed by atoms with van der Waals surface area (Å²) in [5.74, 6) is -0.437. The van der Waals surface area contributed by atoms with Crippen molar-refractivity contribution in [1.29, 1.82) is 0 Å². The second-order valence-corrected chi connectivity index (χ2v) is 8.03. The van der Waals surface area contributed by atoms with E-state index in [1.54, 1.807) is 24.1 Å². The van der Waals surface area contributed by atoms with Crippen molar-refractivity contribution in [3.63, 3.8) is 0 Å². The van der Waals surface area contributed by atoms with Crippen molar-refractivity contribution in [2.45, 2.75) is 39.3 Å². The normalized spacial score (nSPS) is 11.9. The van der Waals surface area contributed by atoms with Gasteiger partial charge in [0.2, 0.25) is 11.8 Å². The first-order valence-electron chi connectivity index (χ1n) is 10.3. The average molecular weight is 431 g/mol. The fourth-order valence-electron chi connectivity index (χ4n) is 3.19. The minimum absolute atomic E-state index is 0.0575. The Balaban J connectivity index is 2.30. The number of benzene rings is 2. The third kappa shape index (κ3) is 7.47. The van der Waals surface area contributed by atoms with Gasteiger partial charge in [-0.1, -0.05) is 67.9 Å². The lowest BCUT2D eigenvalue weighted by Gasteiger charge is -2.33. The summed E-state index contributed by atoms with van der Waals surface area (Å²) in [7, 11) is 1.63. The van der Waals surface area contributed by atoms with Crippen LogP contribution >= 0.6 is 11.6 Å². The predicted molar refractivity (Wildman–Crippen MR) is 120 cm³/mol. The molecule has 0 aliphatic heterocycles. The summed E-state index contributed by atoms with van der Waals surface area (Å²) in [4.78, 5) is 28.0. The highest BCUT2D eigenvalue weighted by Crippen LogP contribution is 2.18. The molecule has 2 aromatic carbocycles. The van der Waals surface area contributed by atoms with Gasteiger partial charge >= 0.3 is 0 Å². The zero-order chi connectivity index (χ0) is 21.9. The van der Waals surface area contributed by atoms with Gasteiger partial charge in [-0.3, -0.25) is 9.59 Å². The lowest BCUT2D eigenvalue weighted by atomic mass is 10.0. The first kappa shape index (κ1) is 23.9. The summed E-state index contributed by atoms with van der Waals surface area (Å²) >= 11 is 6.01. The minimum atomic E-state index is -0.611. The van der Waals surface area contributed by atoms with Crippen molar-refractivity contribution < 1.29 is 14.3 Å². The second-order valence-electron chi connectivity index (χ2n) is 7.59. The summed E-state index contributed by atoms with van der Waals surface area (Å²) in [5, 5.41) is 3.61. The monoisotopic (exact) mass is 430 g/mol. The molecular weight excluding hydrogens is 400 g/mol. The van der Waals surface area contributed by atoms with Gasteiger partial charge in [0.25, 0.3) is 0 Å². The summed E-state index contributed by atoms with van der Waals surface area (Å²) in [5.41, 5.74) is 1.94. The van der Waals surface area contributed by atoms with E-state index < -0.39 is 6.04 Å². The maximum atomic E-state index is 13.2. The maximum absolute atomic E-state index is 13.2. The number of nitrogens with one attached hydrogen (secondary N) is 1. The van der Waals surface area contributed by atoms with Crippen molar-refractivity contribution in [2.24, 2.45) is 5.92 Å². The van der Waals surface area contributed by atoms with E-state index in [9.17, 15) is 9.59 Å². The topological polar surface area (TPSA) is 58.6 Å². The number of carbonyl (C=O) groups excluding carboxylic acids is 2. The van der Waals surface area contributed by atoms with Crippen LogP contribution in [0.4, 0.5) is 0 Å². The molecule has 0 heterocycles. The number of hydrogen-bond acceptors (Lipinski definition) is 3. The standard InChI is InChI=1S/C24H31ClN2O3/c1-18(2)24(29)27(17-20-10-12-21(25)13-11-20)22(16-19-8-5-4-6-9-19)23(28)26-14-7-15-30-3/h4-6,8-13,18,22H,7,14-17H2,1-3H3,(H,26,28). The van der Waals surface area contributed by atoms with E-state index in [4.69, 9.17) is 16.3 Å². The van der Waals surface area contributed by atoms with Gasteiger partial charge in [-0.05, 0) is 29.7 Å². The lowest BCUT2D eigenvalue weighted by molar-refractivity contribution is -0.143.